The molecule has 0 spiro atoms. The number of hydrogen-bond donors (Lipinski definition) is 0. The molecule has 0 aliphatic heterocycles. The average Bonchev–Trinajstić information content (AvgIpc) is 1.65. The van der Waals surface area contributed by atoms with Crippen LogP contribution in [0.3, 0.4) is 0 Å². The molecule has 0 bridgehead atoms. The third-order valence-corrected chi connectivity index (χ3v) is 0.888. The van der Waals surface area contributed by atoms with Gasteiger partial charge < -0.3 is 0 Å². The average molecular weight is 108 g/mol. The first-order valence-electron chi connectivity index (χ1n) is 2.46. The molecule has 2 heteroatoms. The van der Waals surface area contributed by atoms with Crippen molar-refractivity contribution in [3.63, 3.8) is 0 Å². The minimum Gasteiger partial charge on any atom is -0.245 e. The van der Waals surface area contributed by atoms with E-state index in [1.165, 1.54) is 6.92 Å². The van der Waals surface area contributed by atoms with Gasteiger partial charge in [-0.05, 0) is 13.3 Å². The molecule has 0 amide bonds. The Labute approximate surface area is 42.5 Å². The number of rotatable bonds is 2. The van der Waals surface area contributed by atoms with Crippen LogP contribution < -0.4 is 0 Å². The van der Waals surface area contributed by atoms with Crippen molar-refractivity contribution in [1.29, 1.82) is 0 Å². The summed E-state index contributed by atoms with van der Waals surface area (Å²) in [6.07, 6.45) is -2.29. The Balaban J connectivity index is 3.14. The van der Waals surface area contributed by atoms with Gasteiger partial charge in [-0.15, -0.1) is 0 Å². The predicted octanol–water partition coefficient (Wildman–Crippen LogP) is 2.09. The van der Waals surface area contributed by atoms with Gasteiger partial charge in [0.1, 0.15) is 12.3 Å². The molecule has 0 aliphatic rings. The van der Waals surface area contributed by atoms with E-state index in [9.17, 15) is 8.78 Å². The Hall–Kier alpha value is -0.140. The highest BCUT2D eigenvalue weighted by Crippen LogP contribution is 2.05. The molecule has 0 radical (unpaired) electrons. The fourth-order valence-corrected chi connectivity index (χ4v) is 0.325. The highest BCUT2D eigenvalue weighted by molar-refractivity contribution is 4.58. The second-order valence-corrected chi connectivity index (χ2v) is 1.60. The van der Waals surface area contributed by atoms with E-state index < -0.39 is 12.3 Å². The first-order valence-corrected chi connectivity index (χ1v) is 2.46. The highest BCUT2D eigenvalue weighted by atomic mass is 19.2. The number of alkyl halides is 2. The zero-order valence-electron chi connectivity index (χ0n) is 4.62. The Kier molecular flexibility index (Phi) is 2.88. The van der Waals surface area contributed by atoms with Crippen LogP contribution in [0.5, 0.6) is 0 Å². The van der Waals surface area contributed by atoms with E-state index in [0.717, 1.165) is 0 Å². The van der Waals surface area contributed by atoms with Crippen LogP contribution in [-0.4, -0.2) is 12.3 Å². The van der Waals surface area contributed by atoms with Crippen LogP contribution in [0.1, 0.15) is 20.3 Å². The normalized spacial score (nSPS) is 18.9. The largest absolute Gasteiger partial charge is 0.245 e. The molecule has 0 heterocycles. The molecule has 0 aromatic carbocycles. The monoisotopic (exact) mass is 108 g/mol. The minimum absolute atomic E-state index is 0.275. The molecule has 0 unspecified atom stereocenters. The second-order valence-electron chi connectivity index (χ2n) is 1.60. The summed E-state index contributed by atoms with van der Waals surface area (Å²) in [7, 11) is 0. The topological polar surface area (TPSA) is 0 Å². The quantitative estimate of drug-likeness (QED) is 0.508. The molecule has 7 heavy (non-hydrogen) atoms. The van der Waals surface area contributed by atoms with E-state index in [-0.39, 0.29) is 6.42 Å². The maximum Gasteiger partial charge on any atom is 0.131 e. The van der Waals surface area contributed by atoms with Gasteiger partial charge in [0.2, 0.25) is 0 Å². The van der Waals surface area contributed by atoms with Gasteiger partial charge >= 0.3 is 0 Å². The SMILES string of the molecule is CC[C@H](F)[C@H](C)F. The Morgan fingerprint density at radius 1 is 1.43 bits per heavy atom. The number of hydrogen-bond acceptors (Lipinski definition) is 0. The highest BCUT2D eigenvalue weighted by Gasteiger charge is 2.10. The lowest BCUT2D eigenvalue weighted by Gasteiger charge is -2.02. The van der Waals surface area contributed by atoms with Crippen molar-refractivity contribution in [2.45, 2.75) is 32.6 Å². The lowest BCUT2D eigenvalue weighted by Crippen LogP contribution is -2.10. The van der Waals surface area contributed by atoms with Gasteiger partial charge in [-0.3, -0.25) is 0 Å². The van der Waals surface area contributed by atoms with Crippen molar-refractivity contribution in [2.75, 3.05) is 0 Å². The summed E-state index contributed by atoms with van der Waals surface area (Å²) in [6.45, 7) is 2.86. The summed E-state index contributed by atoms with van der Waals surface area (Å²) in [5.41, 5.74) is 0. The first kappa shape index (κ1) is 6.86. The van der Waals surface area contributed by atoms with Crippen LogP contribution in [-0.2, 0) is 0 Å². The molecule has 0 aromatic rings. The molecule has 0 aliphatic carbocycles. The van der Waals surface area contributed by atoms with Crippen molar-refractivity contribution in [1.82, 2.24) is 0 Å². The van der Waals surface area contributed by atoms with Gasteiger partial charge in [-0.1, -0.05) is 6.92 Å². The van der Waals surface area contributed by atoms with Gasteiger partial charge in [-0.25, -0.2) is 8.78 Å². The summed E-state index contributed by atoms with van der Waals surface area (Å²) < 4.78 is 23.6. The Bertz CT molecular complexity index is 43.3. The maximum atomic E-state index is 11.9. The number of halogens is 2. The van der Waals surface area contributed by atoms with Crippen LogP contribution in [0.15, 0.2) is 0 Å². The minimum atomic E-state index is -1.30. The molecule has 2 atom stereocenters. The molecule has 0 saturated heterocycles. The summed E-state index contributed by atoms with van der Waals surface area (Å²) in [5, 5.41) is 0. The van der Waals surface area contributed by atoms with Gasteiger partial charge in [0.15, 0.2) is 0 Å². The molecule has 44 valence electrons. The van der Waals surface area contributed by atoms with Gasteiger partial charge in [0, 0.05) is 0 Å². The zero-order valence-corrected chi connectivity index (χ0v) is 4.62. The van der Waals surface area contributed by atoms with Crippen LogP contribution in [0.2, 0.25) is 0 Å². The second kappa shape index (κ2) is 2.94. The lowest BCUT2D eigenvalue weighted by atomic mass is 10.2. The van der Waals surface area contributed by atoms with E-state index in [4.69, 9.17) is 0 Å². The fraction of sp³-hybridized carbons (Fsp3) is 1.00. The van der Waals surface area contributed by atoms with Crippen molar-refractivity contribution in [2.24, 2.45) is 0 Å². The first-order chi connectivity index (χ1) is 3.18. The predicted molar refractivity (Wildman–Crippen MR) is 25.8 cm³/mol. The summed E-state index contributed by atoms with van der Waals surface area (Å²) in [5.74, 6) is 0. The Morgan fingerprint density at radius 2 is 1.86 bits per heavy atom. The molecule has 0 N–H and O–H groups in total. The van der Waals surface area contributed by atoms with Crippen molar-refractivity contribution < 1.29 is 8.78 Å². The third-order valence-electron chi connectivity index (χ3n) is 0.888. The molecular weight excluding hydrogens is 98.1 g/mol. The fourth-order valence-electron chi connectivity index (χ4n) is 0.325. The molecule has 0 aromatic heterocycles. The molecule has 0 fully saturated rings. The van der Waals surface area contributed by atoms with E-state index in [1.54, 1.807) is 6.92 Å². The lowest BCUT2D eigenvalue weighted by molar-refractivity contribution is 0.178. The van der Waals surface area contributed by atoms with Crippen molar-refractivity contribution in [3.8, 4) is 0 Å². The van der Waals surface area contributed by atoms with E-state index in [0.29, 0.717) is 0 Å². The molecule has 0 saturated carbocycles. The van der Waals surface area contributed by atoms with Crippen LogP contribution in [0, 0.1) is 0 Å². The molecule has 0 rings (SSSR count). The van der Waals surface area contributed by atoms with E-state index in [2.05, 4.69) is 0 Å². The maximum absolute atomic E-state index is 11.9. The van der Waals surface area contributed by atoms with Gasteiger partial charge in [0.05, 0.1) is 0 Å². The summed E-state index contributed by atoms with van der Waals surface area (Å²) in [4.78, 5) is 0. The van der Waals surface area contributed by atoms with Crippen LogP contribution >= 0.6 is 0 Å². The zero-order chi connectivity index (χ0) is 5.86. The van der Waals surface area contributed by atoms with E-state index in [1.807, 2.05) is 0 Å². The third kappa shape index (κ3) is 2.54. The van der Waals surface area contributed by atoms with Crippen LogP contribution in [0.4, 0.5) is 8.78 Å². The molecule has 0 nitrogen and oxygen atoms in total. The summed E-state index contributed by atoms with van der Waals surface area (Å²) >= 11 is 0. The van der Waals surface area contributed by atoms with Gasteiger partial charge in [-0.2, -0.15) is 0 Å². The van der Waals surface area contributed by atoms with Crippen molar-refractivity contribution in [3.05, 3.63) is 0 Å². The van der Waals surface area contributed by atoms with Crippen LogP contribution in [0.25, 0.3) is 0 Å². The standard InChI is InChI=1S/C5H10F2/c1-3-5(7)4(2)6/h4-5H,3H2,1-2H3/t4-,5-/m0/s1. The summed E-state index contributed by atoms with van der Waals surface area (Å²) in [6, 6.07) is 0. The Morgan fingerprint density at radius 3 is 1.86 bits per heavy atom. The van der Waals surface area contributed by atoms with Crippen molar-refractivity contribution >= 4 is 0 Å². The van der Waals surface area contributed by atoms with E-state index >= 15 is 0 Å². The molecular formula is C5H10F2. The van der Waals surface area contributed by atoms with Gasteiger partial charge in [0.25, 0.3) is 0 Å². The smallest absolute Gasteiger partial charge is 0.131 e.